The molecule has 3 rings (SSSR count). The first-order valence-corrected chi connectivity index (χ1v) is 8.79. The molecule has 1 aromatic rings. The molecule has 3 nitrogen and oxygen atoms in total. The molecular weight excluding hydrogens is 268 g/mol. The number of pyridine rings is 1. The molecule has 1 spiro atoms. The SMILES string of the molecule is Cc1cccc(CNC2CCOC3(CCSCC3)C2)n1. The summed E-state index contributed by atoms with van der Waals surface area (Å²) in [5.74, 6) is 2.51. The van der Waals surface area contributed by atoms with E-state index in [4.69, 9.17) is 4.74 Å². The summed E-state index contributed by atoms with van der Waals surface area (Å²) in [7, 11) is 0. The highest BCUT2D eigenvalue weighted by atomic mass is 32.2. The summed E-state index contributed by atoms with van der Waals surface area (Å²) in [6.07, 6.45) is 4.73. The third-order valence-electron chi connectivity index (χ3n) is 4.41. The van der Waals surface area contributed by atoms with E-state index >= 15 is 0 Å². The fraction of sp³-hybridized carbons (Fsp3) is 0.688. The summed E-state index contributed by atoms with van der Waals surface area (Å²) in [6, 6.07) is 6.82. The zero-order chi connectivity index (χ0) is 13.8. The van der Waals surface area contributed by atoms with Gasteiger partial charge in [0, 0.05) is 24.9 Å². The minimum Gasteiger partial charge on any atom is -0.375 e. The highest BCUT2D eigenvalue weighted by Gasteiger charge is 2.38. The van der Waals surface area contributed by atoms with Gasteiger partial charge in [0.1, 0.15) is 0 Å². The first kappa shape index (κ1) is 14.4. The van der Waals surface area contributed by atoms with E-state index in [1.165, 1.54) is 30.8 Å². The second-order valence-electron chi connectivity index (χ2n) is 5.98. The Morgan fingerprint density at radius 2 is 2.25 bits per heavy atom. The van der Waals surface area contributed by atoms with Crippen molar-refractivity contribution in [2.24, 2.45) is 0 Å². The van der Waals surface area contributed by atoms with Gasteiger partial charge in [-0.3, -0.25) is 4.98 Å². The number of hydrogen-bond acceptors (Lipinski definition) is 4. The number of nitrogens with zero attached hydrogens (tertiary/aromatic N) is 1. The van der Waals surface area contributed by atoms with Crippen molar-refractivity contribution in [2.75, 3.05) is 18.1 Å². The molecule has 0 bridgehead atoms. The van der Waals surface area contributed by atoms with Crippen LogP contribution in [0, 0.1) is 6.92 Å². The number of ether oxygens (including phenoxy) is 1. The van der Waals surface area contributed by atoms with Crippen LogP contribution in [0.1, 0.15) is 37.1 Å². The summed E-state index contributed by atoms with van der Waals surface area (Å²) in [6.45, 7) is 3.83. The number of hydrogen-bond donors (Lipinski definition) is 1. The lowest BCUT2D eigenvalue weighted by atomic mass is 9.85. The monoisotopic (exact) mass is 292 g/mol. The van der Waals surface area contributed by atoms with Gasteiger partial charge in [0.2, 0.25) is 0 Å². The average molecular weight is 292 g/mol. The Kier molecular flexibility index (Phi) is 4.64. The molecule has 1 unspecified atom stereocenters. The molecular formula is C16H24N2OS. The van der Waals surface area contributed by atoms with E-state index in [-0.39, 0.29) is 5.60 Å². The van der Waals surface area contributed by atoms with E-state index in [1.807, 2.05) is 13.0 Å². The average Bonchev–Trinajstić information content (AvgIpc) is 2.46. The molecule has 4 heteroatoms. The van der Waals surface area contributed by atoms with Crippen LogP contribution >= 0.6 is 11.8 Å². The normalized spacial score (nSPS) is 25.8. The number of rotatable bonds is 3. The van der Waals surface area contributed by atoms with Crippen molar-refractivity contribution < 1.29 is 4.74 Å². The summed E-state index contributed by atoms with van der Waals surface area (Å²) in [5, 5.41) is 3.69. The predicted molar refractivity (Wildman–Crippen MR) is 84.1 cm³/mol. The zero-order valence-electron chi connectivity index (χ0n) is 12.2. The second kappa shape index (κ2) is 6.46. The Morgan fingerprint density at radius 3 is 3.05 bits per heavy atom. The van der Waals surface area contributed by atoms with E-state index in [0.717, 1.165) is 31.0 Å². The standard InChI is InChI=1S/C16H24N2OS/c1-13-3-2-4-15(18-13)12-17-14-5-8-19-16(11-14)6-9-20-10-7-16/h2-4,14,17H,5-12H2,1H3. The van der Waals surface area contributed by atoms with E-state index in [2.05, 4.69) is 34.2 Å². The Labute approximate surface area is 125 Å². The minimum absolute atomic E-state index is 0.168. The zero-order valence-corrected chi connectivity index (χ0v) is 13.0. The van der Waals surface area contributed by atoms with E-state index in [1.54, 1.807) is 0 Å². The molecule has 3 heterocycles. The number of nitrogens with one attached hydrogen (secondary N) is 1. The van der Waals surface area contributed by atoms with Crippen LogP contribution in [0.5, 0.6) is 0 Å². The van der Waals surface area contributed by atoms with Crippen molar-refractivity contribution >= 4 is 11.8 Å². The predicted octanol–water partition coefficient (Wildman–Crippen LogP) is 2.92. The molecule has 110 valence electrons. The lowest BCUT2D eigenvalue weighted by Gasteiger charge is -2.43. The Morgan fingerprint density at radius 1 is 1.40 bits per heavy atom. The van der Waals surface area contributed by atoms with Gasteiger partial charge >= 0.3 is 0 Å². The van der Waals surface area contributed by atoms with Crippen molar-refractivity contribution in [3.8, 4) is 0 Å². The van der Waals surface area contributed by atoms with Gasteiger partial charge in [-0.1, -0.05) is 6.07 Å². The number of thioether (sulfide) groups is 1. The van der Waals surface area contributed by atoms with Gasteiger partial charge in [-0.2, -0.15) is 11.8 Å². The fourth-order valence-corrected chi connectivity index (χ4v) is 4.48. The molecule has 1 atom stereocenters. The topological polar surface area (TPSA) is 34.1 Å². The van der Waals surface area contributed by atoms with Crippen molar-refractivity contribution in [1.82, 2.24) is 10.3 Å². The van der Waals surface area contributed by atoms with Gasteiger partial charge in [-0.15, -0.1) is 0 Å². The molecule has 0 aliphatic carbocycles. The summed E-state index contributed by atoms with van der Waals surface area (Å²) < 4.78 is 6.14. The van der Waals surface area contributed by atoms with Crippen LogP contribution in [0.3, 0.4) is 0 Å². The third kappa shape index (κ3) is 3.54. The minimum atomic E-state index is 0.168. The van der Waals surface area contributed by atoms with Gasteiger partial charge in [0.25, 0.3) is 0 Å². The van der Waals surface area contributed by atoms with Crippen molar-refractivity contribution in [3.63, 3.8) is 0 Å². The smallest absolute Gasteiger partial charge is 0.0713 e. The summed E-state index contributed by atoms with van der Waals surface area (Å²) >= 11 is 2.07. The third-order valence-corrected chi connectivity index (χ3v) is 5.40. The molecule has 1 N–H and O–H groups in total. The number of aryl methyl sites for hydroxylation is 1. The van der Waals surface area contributed by atoms with Crippen LogP contribution in [0.2, 0.25) is 0 Å². The molecule has 0 saturated carbocycles. The van der Waals surface area contributed by atoms with Gasteiger partial charge in [0.05, 0.1) is 11.3 Å². The second-order valence-corrected chi connectivity index (χ2v) is 7.21. The maximum Gasteiger partial charge on any atom is 0.0713 e. The molecule has 2 saturated heterocycles. The van der Waals surface area contributed by atoms with E-state index in [9.17, 15) is 0 Å². The summed E-state index contributed by atoms with van der Waals surface area (Å²) in [4.78, 5) is 4.56. The Balaban J connectivity index is 1.55. The lowest BCUT2D eigenvalue weighted by Crippen LogP contribution is -2.48. The van der Waals surface area contributed by atoms with E-state index < -0.39 is 0 Å². The van der Waals surface area contributed by atoms with Gasteiger partial charge in [-0.05, 0) is 56.2 Å². The number of aromatic nitrogens is 1. The van der Waals surface area contributed by atoms with Gasteiger partial charge in [0.15, 0.2) is 0 Å². The molecule has 1 aromatic heterocycles. The largest absolute Gasteiger partial charge is 0.375 e. The maximum atomic E-state index is 6.14. The molecule has 2 fully saturated rings. The molecule has 0 aromatic carbocycles. The quantitative estimate of drug-likeness (QED) is 0.929. The molecule has 20 heavy (non-hydrogen) atoms. The van der Waals surface area contributed by atoms with Crippen LogP contribution in [0.15, 0.2) is 18.2 Å². The highest BCUT2D eigenvalue weighted by molar-refractivity contribution is 7.99. The Hall–Kier alpha value is -0.580. The molecule has 2 aliphatic heterocycles. The maximum absolute atomic E-state index is 6.14. The van der Waals surface area contributed by atoms with Crippen LogP contribution in [-0.4, -0.2) is 34.7 Å². The lowest BCUT2D eigenvalue weighted by molar-refractivity contribution is -0.0933. The molecule has 2 aliphatic rings. The van der Waals surface area contributed by atoms with Gasteiger partial charge < -0.3 is 10.1 Å². The van der Waals surface area contributed by atoms with Crippen LogP contribution in [0.4, 0.5) is 0 Å². The van der Waals surface area contributed by atoms with Crippen LogP contribution < -0.4 is 5.32 Å². The van der Waals surface area contributed by atoms with Crippen molar-refractivity contribution in [3.05, 3.63) is 29.6 Å². The first-order valence-electron chi connectivity index (χ1n) is 7.63. The summed E-state index contributed by atoms with van der Waals surface area (Å²) in [5.41, 5.74) is 2.41. The van der Waals surface area contributed by atoms with Crippen molar-refractivity contribution in [1.29, 1.82) is 0 Å². The highest BCUT2D eigenvalue weighted by Crippen LogP contribution is 2.37. The Bertz CT molecular complexity index is 440. The molecule has 0 radical (unpaired) electrons. The first-order chi connectivity index (χ1) is 9.76. The van der Waals surface area contributed by atoms with Crippen molar-refractivity contribution in [2.45, 2.75) is 50.8 Å². The van der Waals surface area contributed by atoms with Crippen LogP contribution in [-0.2, 0) is 11.3 Å². The van der Waals surface area contributed by atoms with Gasteiger partial charge in [-0.25, -0.2) is 0 Å². The molecule has 0 amide bonds. The van der Waals surface area contributed by atoms with E-state index in [0.29, 0.717) is 6.04 Å². The van der Waals surface area contributed by atoms with Crippen LogP contribution in [0.25, 0.3) is 0 Å². The fourth-order valence-electron chi connectivity index (χ4n) is 3.24.